The first-order valence-electron chi connectivity index (χ1n) is 7.28. The van der Waals surface area contributed by atoms with Crippen LogP contribution in [0.3, 0.4) is 0 Å². The van der Waals surface area contributed by atoms with Crippen molar-refractivity contribution in [3.63, 3.8) is 0 Å². The van der Waals surface area contributed by atoms with E-state index in [2.05, 4.69) is 0 Å². The molecule has 6 nitrogen and oxygen atoms in total. The number of aromatic nitrogens is 2. The zero-order chi connectivity index (χ0) is 17.3. The van der Waals surface area contributed by atoms with Crippen LogP contribution >= 0.6 is 0 Å². The Kier molecular flexibility index (Phi) is 3.95. The molecule has 0 spiro atoms. The lowest BCUT2D eigenvalue weighted by Crippen LogP contribution is -2.17. The summed E-state index contributed by atoms with van der Waals surface area (Å²) in [7, 11) is 3.27. The van der Waals surface area contributed by atoms with Gasteiger partial charge in [0.05, 0.1) is 6.20 Å². The first-order valence-corrected chi connectivity index (χ1v) is 7.28. The lowest BCUT2D eigenvalue weighted by atomic mass is 10.1. The summed E-state index contributed by atoms with van der Waals surface area (Å²) in [5.74, 6) is 0.974. The zero-order valence-electron chi connectivity index (χ0n) is 13.3. The lowest BCUT2D eigenvalue weighted by Gasteiger charge is -2.13. The number of nitrogens with zero attached hydrogens (tertiary/aromatic N) is 2. The molecule has 122 valence electrons. The highest BCUT2D eigenvalue weighted by Gasteiger charge is 2.11. The van der Waals surface area contributed by atoms with Gasteiger partial charge in [0.2, 0.25) is 5.56 Å². The number of hydrogen-bond donors (Lipinski definition) is 1. The molecule has 0 aliphatic carbocycles. The summed E-state index contributed by atoms with van der Waals surface area (Å²) in [5, 5.41) is 9.57. The molecule has 0 unspecified atom stereocenters. The van der Waals surface area contributed by atoms with Gasteiger partial charge in [0.15, 0.2) is 5.75 Å². The summed E-state index contributed by atoms with van der Waals surface area (Å²) >= 11 is 0. The summed E-state index contributed by atoms with van der Waals surface area (Å²) in [6.45, 7) is 0. The van der Waals surface area contributed by atoms with E-state index in [9.17, 15) is 14.7 Å². The number of benzene rings is 1. The van der Waals surface area contributed by atoms with Crippen LogP contribution in [-0.2, 0) is 14.1 Å². The average molecular weight is 324 g/mol. The zero-order valence-corrected chi connectivity index (χ0v) is 13.3. The summed E-state index contributed by atoms with van der Waals surface area (Å²) in [6.07, 6.45) is 3.22. The van der Waals surface area contributed by atoms with Gasteiger partial charge in [0.25, 0.3) is 5.56 Å². The minimum absolute atomic E-state index is 0.0842. The fourth-order valence-electron chi connectivity index (χ4n) is 2.34. The molecule has 2 heterocycles. The number of hydrogen-bond acceptors (Lipinski definition) is 4. The van der Waals surface area contributed by atoms with Crippen LogP contribution in [0.4, 0.5) is 0 Å². The van der Waals surface area contributed by atoms with E-state index < -0.39 is 0 Å². The maximum Gasteiger partial charge on any atom is 0.251 e. The van der Waals surface area contributed by atoms with Gasteiger partial charge in [-0.15, -0.1) is 0 Å². The molecular formula is C18H16N2O4. The standard InChI is InChI=1S/C18H16N2O4/c1-19-10-12(6-7-17(19)22)15-9-18(23)20(2)11-16(15)24-14-5-3-4-13(21)8-14/h3-11,21H,1-2H3. The fourth-order valence-corrected chi connectivity index (χ4v) is 2.34. The van der Waals surface area contributed by atoms with Crippen molar-refractivity contribution in [2.24, 2.45) is 14.1 Å². The average Bonchev–Trinajstić information content (AvgIpc) is 2.53. The topological polar surface area (TPSA) is 73.5 Å². The minimum Gasteiger partial charge on any atom is -0.508 e. The van der Waals surface area contributed by atoms with Gasteiger partial charge in [-0.3, -0.25) is 9.59 Å². The molecule has 0 radical (unpaired) electrons. The summed E-state index contributed by atoms with van der Waals surface area (Å²) in [6, 6.07) is 10.9. The van der Waals surface area contributed by atoms with Crippen LogP contribution in [0.25, 0.3) is 11.1 Å². The minimum atomic E-state index is -0.192. The normalized spacial score (nSPS) is 10.6. The van der Waals surface area contributed by atoms with E-state index >= 15 is 0 Å². The van der Waals surface area contributed by atoms with Gasteiger partial charge in [-0.2, -0.15) is 0 Å². The fraction of sp³-hybridized carbons (Fsp3) is 0.111. The molecule has 1 N–H and O–H groups in total. The van der Waals surface area contributed by atoms with E-state index in [1.165, 1.54) is 27.3 Å². The molecule has 0 saturated heterocycles. The number of aryl methyl sites for hydroxylation is 2. The van der Waals surface area contributed by atoms with E-state index in [4.69, 9.17) is 4.74 Å². The van der Waals surface area contributed by atoms with Crippen molar-refractivity contribution in [1.29, 1.82) is 0 Å². The Balaban J connectivity index is 2.14. The molecule has 3 aromatic rings. The molecule has 0 saturated carbocycles. The summed E-state index contributed by atoms with van der Waals surface area (Å²) < 4.78 is 8.69. The van der Waals surface area contributed by atoms with Gasteiger partial charge in [-0.1, -0.05) is 6.07 Å². The molecule has 0 bridgehead atoms. The van der Waals surface area contributed by atoms with Gasteiger partial charge >= 0.3 is 0 Å². The summed E-state index contributed by atoms with van der Waals surface area (Å²) in [4.78, 5) is 23.6. The van der Waals surface area contributed by atoms with Crippen LogP contribution in [-0.4, -0.2) is 14.2 Å². The predicted octanol–water partition coefficient (Wildman–Crippen LogP) is 2.25. The predicted molar refractivity (Wildman–Crippen MR) is 90.5 cm³/mol. The molecular weight excluding hydrogens is 308 g/mol. The molecule has 0 fully saturated rings. The number of ether oxygens (including phenoxy) is 1. The lowest BCUT2D eigenvalue weighted by molar-refractivity contribution is 0.453. The van der Waals surface area contributed by atoms with E-state index in [1.54, 1.807) is 50.8 Å². The van der Waals surface area contributed by atoms with E-state index in [0.29, 0.717) is 22.6 Å². The van der Waals surface area contributed by atoms with Crippen molar-refractivity contribution < 1.29 is 9.84 Å². The van der Waals surface area contributed by atoms with E-state index in [1.807, 2.05) is 0 Å². The van der Waals surface area contributed by atoms with Crippen molar-refractivity contribution >= 4 is 0 Å². The van der Waals surface area contributed by atoms with Crippen molar-refractivity contribution in [2.45, 2.75) is 0 Å². The molecule has 0 aliphatic heterocycles. The van der Waals surface area contributed by atoms with Crippen LogP contribution in [0.5, 0.6) is 17.2 Å². The second kappa shape index (κ2) is 6.08. The number of phenols is 1. The largest absolute Gasteiger partial charge is 0.508 e. The third-order valence-corrected chi connectivity index (χ3v) is 3.63. The molecule has 0 aliphatic rings. The highest BCUT2D eigenvalue weighted by molar-refractivity contribution is 5.69. The Labute approximate surface area is 137 Å². The van der Waals surface area contributed by atoms with Gasteiger partial charge < -0.3 is 19.0 Å². The maximum absolute atomic E-state index is 12.0. The van der Waals surface area contributed by atoms with Crippen molar-refractivity contribution in [1.82, 2.24) is 9.13 Å². The van der Waals surface area contributed by atoms with Crippen molar-refractivity contribution in [2.75, 3.05) is 0 Å². The molecule has 1 aromatic carbocycles. The highest BCUT2D eigenvalue weighted by atomic mass is 16.5. The van der Waals surface area contributed by atoms with Crippen LogP contribution in [0.2, 0.25) is 0 Å². The van der Waals surface area contributed by atoms with Crippen LogP contribution in [0.15, 0.2) is 64.4 Å². The molecule has 0 atom stereocenters. The molecule has 3 rings (SSSR count). The number of pyridine rings is 2. The Morgan fingerprint density at radius 1 is 0.917 bits per heavy atom. The maximum atomic E-state index is 12.0. The van der Waals surface area contributed by atoms with Gasteiger partial charge in [0, 0.05) is 49.6 Å². The quantitative estimate of drug-likeness (QED) is 0.802. The highest BCUT2D eigenvalue weighted by Crippen LogP contribution is 2.32. The van der Waals surface area contributed by atoms with E-state index in [0.717, 1.165) is 0 Å². The third kappa shape index (κ3) is 3.08. The monoisotopic (exact) mass is 324 g/mol. The Hall–Kier alpha value is -3.28. The molecule has 6 heteroatoms. The van der Waals surface area contributed by atoms with Crippen molar-refractivity contribution in [3.05, 3.63) is 75.6 Å². The second-order valence-electron chi connectivity index (χ2n) is 5.47. The number of phenolic OH excluding ortho intramolecular Hbond substituents is 1. The third-order valence-electron chi connectivity index (χ3n) is 3.63. The molecule has 0 amide bonds. The first kappa shape index (κ1) is 15.6. The van der Waals surface area contributed by atoms with Gasteiger partial charge in [-0.25, -0.2) is 0 Å². The smallest absolute Gasteiger partial charge is 0.251 e. The number of aromatic hydroxyl groups is 1. The molecule has 24 heavy (non-hydrogen) atoms. The van der Waals surface area contributed by atoms with Gasteiger partial charge in [-0.05, 0) is 18.2 Å². The van der Waals surface area contributed by atoms with Crippen LogP contribution in [0, 0.1) is 0 Å². The Bertz CT molecular complexity index is 1020. The Morgan fingerprint density at radius 2 is 1.67 bits per heavy atom. The van der Waals surface area contributed by atoms with E-state index in [-0.39, 0.29) is 16.9 Å². The van der Waals surface area contributed by atoms with Gasteiger partial charge in [0.1, 0.15) is 11.5 Å². The second-order valence-corrected chi connectivity index (χ2v) is 5.47. The first-order chi connectivity index (χ1) is 11.4. The SMILES string of the molecule is Cn1cc(-c2cc(=O)n(C)cc2Oc2cccc(O)c2)ccc1=O. The number of rotatable bonds is 3. The molecule has 2 aromatic heterocycles. The Morgan fingerprint density at radius 3 is 2.38 bits per heavy atom. The summed E-state index contributed by atoms with van der Waals surface area (Å²) in [5.41, 5.74) is 0.919. The van der Waals surface area contributed by atoms with Crippen LogP contribution in [0.1, 0.15) is 0 Å². The van der Waals surface area contributed by atoms with Crippen LogP contribution < -0.4 is 15.9 Å². The van der Waals surface area contributed by atoms with Crippen molar-refractivity contribution in [3.8, 4) is 28.4 Å².